The monoisotopic (exact) mass is 345 g/mol. The minimum atomic E-state index is -0.413. The molecule has 1 unspecified atom stereocenters. The summed E-state index contributed by atoms with van der Waals surface area (Å²) in [5.74, 6) is -0.212. The Bertz CT molecular complexity index is 871. The molecule has 132 valence electrons. The molecule has 0 amide bonds. The fourth-order valence-corrected chi connectivity index (χ4v) is 2.62. The average molecular weight is 345 g/mol. The summed E-state index contributed by atoms with van der Waals surface area (Å²) in [6.45, 7) is 7.02. The van der Waals surface area contributed by atoms with Gasteiger partial charge < -0.3 is 9.64 Å². The van der Waals surface area contributed by atoms with E-state index < -0.39 is 11.4 Å². The Hall–Kier alpha value is -2.72. The summed E-state index contributed by atoms with van der Waals surface area (Å²) >= 11 is 0. The first kappa shape index (κ1) is 18.6. The maximum absolute atomic E-state index is 13.9. The van der Waals surface area contributed by atoms with Crippen molar-refractivity contribution in [3.8, 4) is 11.8 Å². The number of aryl methyl sites for hydroxylation is 1. The Balaban J connectivity index is 2.26. The van der Waals surface area contributed by atoms with Gasteiger partial charge >= 0.3 is 0 Å². The molecular formula is C18H22FN4O2+. The number of benzene rings is 1. The van der Waals surface area contributed by atoms with Crippen LogP contribution in [0.3, 0.4) is 0 Å². The largest absolute Gasteiger partial charge is 0.494 e. The molecule has 0 aliphatic rings. The standard InChI is InChI=1S/C18H21FN4O2/c1-5-22(10-14-6-7-17(25-4)16(19)8-14)11-23-18(24)15(9-20)12(2)13(3)21-23/h6-8H,5,10-11H2,1-4H3/p+1. The summed E-state index contributed by atoms with van der Waals surface area (Å²) in [5, 5.41) is 13.5. The molecule has 0 aliphatic carbocycles. The van der Waals surface area contributed by atoms with E-state index in [1.54, 1.807) is 26.0 Å². The van der Waals surface area contributed by atoms with E-state index in [0.29, 0.717) is 24.5 Å². The van der Waals surface area contributed by atoms with E-state index in [4.69, 9.17) is 4.74 Å². The van der Waals surface area contributed by atoms with E-state index in [9.17, 15) is 14.4 Å². The normalized spacial score (nSPS) is 11.8. The lowest BCUT2D eigenvalue weighted by Gasteiger charge is -2.19. The number of ether oxygens (including phenoxy) is 1. The molecule has 6 nitrogen and oxygen atoms in total. The number of nitrogens with one attached hydrogen (secondary N) is 1. The van der Waals surface area contributed by atoms with Gasteiger partial charge in [0.25, 0.3) is 5.56 Å². The number of methoxy groups -OCH3 is 1. The smallest absolute Gasteiger partial charge is 0.289 e. The van der Waals surface area contributed by atoms with Gasteiger partial charge in [0.2, 0.25) is 0 Å². The first-order valence-electron chi connectivity index (χ1n) is 8.05. The van der Waals surface area contributed by atoms with Crippen molar-refractivity contribution in [2.24, 2.45) is 0 Å². The SMILES string of the molecule is CC[NH+](Cc1ccc(OC)c(F)c1)Cn1nc(C)c(C)c(C#N)c1=O. The van der Waals surface area contributed by atoms with Gasteiger partial charge in [-0.05, 0) is 44.5 Å². The van der Waals surface area contributed by atoms with Gasteiger partial charge in [0.1, 0.15) is 18.2 Å². The minimum absolute atomic E-state index is 0.124. The summed E-state index contributed by atoms with van der Waals surface area (Å²) in [6.07, 6.45) is 0. The Morgan fingerprint density at radius 1 is 1.40 bits per heavy atom. The summed E-state index contributed by atoms with van der Waals surface area (Å²) in [7, 11) is 1.42. The number of quaternary nitrogens is 1. The van der Waals surface area contributed by atoms with Crippen LogP contribution in [-0.2, 0) is 13.2 Å². The van der Waals surface area contributed by atoms with Gasteiger partial charge in [0.05, 0.1) is 19.3 Å². The number of aromatic nitrogens is 2. The molecule has 0 fully saturated rings. The summed E-state index contributed by atoms with van der Waals surface area (Å²) < 4.78 is 20.1. The molecule has 0 aliphatic heterocycles. The first-order chi connectivity index (χ1) is 11.9. The van der Waals surface area contributed by atoms with E-state index in [2.05, 4.69) is 5.10 Å². The number of hydrogen-bond donors (Lipinski definition) is 1. The Kier molecular flexibility index (Phi) is 5.88. The zero-order chi connectivity index (χ0) is 18.6. The molecule has 1 N–H and O–H groups in total. The molecule has 1 atom stereocenters. The molecule has 1 heterocycles. The molecule has 0 radical (unpaired) electrons. The van der Waals surface area contributed by atoms with Crippen LogP contribution in [0.4, 0.5) is 4.39 Å². The molecule has 0 spiro atoms. The van der Waals surface area contributed by atoms with Crippen LogP contribution in [0.15, 0.2) is 23.0 Å². The Morgan fingerprint density at radius 3 is 2.68 bits per heavy atom. The third-order valence-corrected chi connectivity index (χ3v) is 4.29. The quantitative estimate of drug-likeness (QED) is 0.846. The summed E-state index contributed by atoms with van der Waals surface area (Å²) in [5.41, 5.74) is 1.80. The van der Waals surface area contributed by atoms with Crippen molar-refractivity contribution < 1.29 is 14.0 Å². The average Bonchev–Trinajstić information content (AvgIpc) is 2.59. The lowest BCUT2D eigenvalue weighted by atomic mass is 10.1. The fraction of sp³-hybridized carbons (Fsp3) is 0.389. The maximum Gasteiger partial charge on any atom is 0.289 e. The topological polar surface area (TPSA) is 72.3 Å². The van der Waals surface area contributed by atoms with E-state index in [0.717, 1.165) is 17.0 Å². The van der Waals surface area contributed by atoms with Crippen molar-refractivity contribution in [3.05, 3.63) is 56.8 Å². The lowest BCUT2D eigenvalue weighted by Crippen LogP contribution is -3.10. The molecule has 25 heavy (non-hydrogen) atoms. The summed E-state index contributed by atoms with van der Waals surface area (Å²) in [4.78, 5) is 13.4. The van der Waals surface area contributed by atoms with E-state index >= 15 is 0 Å². The summed E-state index contributed by atoms with van der Waals surface area (Å²) in [6, 6.07) is 6.79. The lowest BCUT2D eigenvalue weighted by molar-refractivity contribution is -0.935. The number of nitriles is 1. The van der Waals surface area contributed by atoms with Gasteiger partial charge in [-0.2, -0.15) is 15.0 Å². The molecule has 0 saturated carbocycles. The second kappa shape index (κ2) is 7.90. The molecular weight excluding hydrogens is 323 g/mol. The fourth-order valence-electron chi connectivity index (χ4n) is 2.62. The third kappa shape index (κ3) is 4.03. The highest BCUT2D eigenvalue weighted by Crippen LogP contribution is 2.17. The molecule has 1 aromatic heterocycles. The van der Waals surface area contributed by atoms with Crippen molar-refractivity contribution in [1.29, 1.82) is 5.26 Å². The van der Waals surface area contributed by atoms with Crippen LogP contribution in [0.5, 0.6) is 5.75 Å². The van der Waals surface area contributed by atoms with E-state index in [-0.39, 0.29) is 11.3 Å². The van der Waals surface area contributed by atoms with Gasteiger partial charge in [0, 0.05) is 5.56 Å². The van der Waals surface area contributed by atoms with Gasteiger partial charge in [-0.25, -0.2) is 4.39 Å². The van der Waals surface area contributed by atoms with Crippen molar-refractivity contribution in [2.45, 2.75) is 34.0 Å². The van der Waals surface area contributed by atoms with Crippen LogP contribution < -0.4 is 15.2 Å². The van der Waals surface area contributed by atoms with Gasteiger partial charge in [-0.1, -0.05) is 0 Å². The van der Waals surface area contributed by atoms with E-state index in [1.165, 1.54) is 17.9 Å². The predicted octanol–water partition coefficient (Wildman–Crippen LogP) is 0.942. The van der Waals surface area contributed by atoms with Gasteiger partial charge in [0.15, 0.2) is 18.2 Å². The minimum Gasteiger partial charge on any atom is -0.494 e. The van der Waals surface area contributed by atoms with Crippen molar-refractivity contribution in [2.75, 3.05) is 13.7 Å². The second-order valence-electron chi connectivity index (χ2n) is 5.91. The van der Waals surface area contributed by atoms with Crippen LogP contribution in [0.2, 0.25) is 0 Å². The van der Waals surface area contributed by atoms with Crippen LogP contribution in [0, 0.1) is 31.0 Å². The molecule has 1 aromatic carbocycles. The van der Waals surface area contributed by atoms with Crippen LogP contribution in [0.1, 0.15) is 29.3 Å². The van der Waals surface area contributed by atoms with Crippen molar-refractivity contribution in [3.63, 3.8) is 0 Å². The van der Waals surface area contributed by atoms with Crippen molar-refractivity contribution >= 4 is 0 Å². The zero-order valence-corrected chi connectivity index (χ0v) is 14.9. The van der Waals surface area contributed by atoms with Crippen LogP contribution in [0.25, 0.3) is 0 Å². The number of rotatable bonds is 6. The van der Waals surface area contributed by atoms with Gasteiger partial charge in [-0.3, -0.25) is 4.79 Å². The Morgan fingerprint density at radius 2 is 2.12 bits per heavy atom. The Labute approximate surface area is 146 Å². The first-order valence-corrected chi connectivity index (χ1v) is 8.05. The zero-order valence-electron chi connectivity index (χ0n) is 14.9. The highest BCUT2D eigenvalue weighted by atomic mass is 19.1. The van der Waals surface area contributed by atoms with Gasteiger partial charge in [-0.15, -0.1) is 0 Å². The second-order valence-corrected chi connectivity index (χ2v) is 5.91. The predicted molar refractivity (Wildman–Crippen MR) is 90.8 cm³/mol. The number of hydrogen-bond acceptors (Lipinski definition) is 4. The van der Waals surface area contributed by atoms with Crippen LogP contribution >= 0.6 is 0 Å². The highest BCUT2D eigenvalue weighted by molar-refractivity contribution is 5.36. The third-order valence-electron chi connectivity index (χ3n) is 4.29. The van der Waals surface area contributed by atoms with Crippen LogP contribution in [-0.4, -0.2) is 23.4 Å². The maximum atomic E-state index is 13.9. The number of halogens is 1. The molecule has 7 heteroatoms. The molecule has 0 bridgehead atoms. The highest BCUT2D eigenvalue weighted by Gasteiger charge is 2.16. The molecule has 0 saturated heterocycles. The van der Waals surface area contributed by atoms with E-state index in [1.807, 2.05) is 13.0 Å². The van der Waals surface area contributed by atoms with Crippen molar-refractivity contribution in [1.82, 2.24) is 9.78 Å². The molecule has 2 aromatic rings. The molecule has 2 rings (SSSR count). The number of nitrogens with zero attached hydrogens (tertiary/aromatic N) is 3.